The molecule has 1 saturated carbocycles. The topological polar surface area (TPSA) is 79.8 Å². The summed E-state index contributed by atoms with van der Waals surface area (Å²) in [6, 6.07) is 7.21. The molecule has 1 aliphatic rings. The molecule has 1 atom stereocenters. The number of amides is 2. The number of ether oxygens (including phenoxy) is 2. The van der Waals surface area contributed by atoms with Crippen LogP contribution in [0.1, 0.15) is 32.1 Å². The molecule has 0 bridgehead atoms. The highest BCUT2D eigenvalue weighted by molar-refractivity contribution is 5.74. The maximum atomic E-state index is 11.8. The minimum Gasteiger partial charge on any atom is -0.497 e. The molecule has 0 spiro atoms. The van der Waals surface area contributed by atoms with Crippen molar-refractivity contribution in [3.05, 3.63) is 24.3 Å². The number of hydrogen-bond acceptors (Lipinski definition) is 4. The molecular weight excluding hydrogens is 296 g/mol. The van der Waals surface area contributed by atoms with Crippen LogP contribution in [-0.4, -0.2) is 43.5 Å². The van der Waals surface area contributed by atoms with Crippen LogP contribution in [0.5, 0.6) is 11.5 Å². The number of rotatable bonds is 7. The van der Waals surface area contributed by atoms with E-state index in [4.69, 9.17) is 9.47 Å². The highest BCUT2D eigenvalue weighted by Gasteiger charge is 2.16. The second-order valence-corrected chi connectivity index (χ2v) is 5.83. The minimum absolute atomic E-state index is 0.108. The quantitative estimate of drug-likeness (QED) is 0.718. The zero-order valence-corrected chi connectivity index (χ0v) is 13.6. The predicted octanol–water partition coefficient (Wildman–Crippen LogP) is 2.07. The first-order valence-corrected chi connectivity index (χ1v) is 8.16. The summed E-state index contributed by atoms with van der Waals surface area (Å²) >= 11 is 0. The molecule has 6 nitrogen and oxygen atoms in total. The highest BCUT2D eigenvalue weighted by atomic mass is 16.5. The van der Waals surface area contributed by atoms with Crippen LogP contribution in [-0.2, 0) is 0 Å². The lowest BCUT2D eigenvalue weighted by molar-refractivity contribution is 0.107. The molecule has 1 aromatic rings. The van der Waals surface area contributed by atoms with Crippen molar-refractivity contribution in [3.8, 4) is 11.5 Å². The number of methoxy groups -OCH3 is 1. The van der Waals surface area contributed by atoms with Crippen LogP contribution >= 0.6 is 0 Å². The van der Waals surface area contributed by atoms with Gasteiger partial charge in [0.25, 0.3) is 0 Å². The van der Waals surface area contributed by atoms with E-state index in [2.05, 4.69) is 10.6 Å². The summed E-state index contributed by atoms with van der Waals surface area (Å²) in [4.78, 5) is 11.8. The van der Waals surface area contributed by atoms with Crippen molar-refractivity contribution in [1.82, 2.24) is 10.6 Å². The third-order valence-electron chi connectivity index (χ3n) is 3.92. The summed E-state index contributed by atoms with van der Waals surface area (Å²) in [5.74, 6) is 1.32. The number of nitrogens with one attached hydrogen (secondary N) is 2. The second kappa shape index (κ2) is 9.25. The van der Waals surface area contributed by atoms with E-state index < -0.39 is 6.10 Å². The molecule has 1 aromatic carbocycles. The van der Waals surface area contributed by atoms with E-state index in [0.29, 0.717) is 11.5 Å². The third kappa shape index (κ3) is 6.36. The molecule has 0 radical (unpaired) electrons. The van der Waals surface area contributed by atoms with E-state index >= 15 is 0 Å². The first-order valence-electron chi connectivity index (χ1n) is 8.16. The van der Waals surface area contributed by atoms with Gasteiger partial charge in [-0.3, -0.25) is 0 Å². The molecule has 0 heterocycles. The number of urea groups is 1. The Morgan fingerprint density at radius 2 is 2.04 bits per heavy atom. The normalized spacial score (nSPS) is 16.4. The van der Waals surface area contributed by atoms with Gasteiger partial charge in [0, 0.05) is 18.7 Å². The molecule has 1 aliphatic carbocycles. The summed E-state index contributed by atoms with van der Waals surface area (Å²) in [5.41, 5.74) is 0. The summed E-state index contributed by atoms with van der Waals surface area (Å²) in [6.45, 7) is 0.263. The van der Waals surface area contributed by atoms with Gasteiger partial charge in [0.05, 0.1) is 7.11 Å². The van der Waals surface area contributed by atoms with E-state index in [1.54, 1.807) is 19.2 Å². The van der Waals surface area contributed by atoms with Crippen LogP contribution in [0.4, 0.5) is 4.79 Å². The van der Waals surface area contributed by atoms with Crippen LogP contribution in [0.15, 0.2) is 24.3 Å². The molecule has 1 unspecified atom stereocenters. The smallest absolute Gasteiger partial charge is 0.315 e. The molecule has 6 heteroatoms. The van der Waals surface area contributed by atoms with Crippen LogP contribution in [0.3, 0.4) is 0 Å². The number of aliphatic hydroxyl groups is 1. The third-order valence-corrected chi connectivity index (χ3v) is 3.92. The number of benzene rings is 1. The average molecular weight is 322 g/mol. The molecule has 2 rings (SSSR count). The van der Waals surface area contributed by atoms with Gasteiger partial charge in [-0.15, -0.1) is 0 Å². The Labute approximate surface area is 137 Å². The largest absolute Gasteiger partial charge is 0.497 e. The van der Waals surface area contributed by atoms with Gasteiger partial charge in [0.1, 0.15) is 24.2 Å². The molecule has 2 amide bonds. The van der Waals surface area contributed by atoms with Crippen molar-refractivity contribution in [2.45, 2.75) is 44.2 Å². The molecule has 0 saturated heterocycles. The van der Waals surface area contributed by atoms with Crippen LogP contribution in [0, 0.1) is 0 Å². The van der Waals surface area contributed by atoms with Crippen molar-refractivity contribution in [1.29, 1.82) is 0 Å². The van der Waals surface area contributed by atoms with Gasteiger partial charge in [0.15, 0.2) is 0 Å². The summed E-state index contributed by atoms with van der Waals surface area (Å²) in [5, 5.41) is 15.5. The number of carbonyl (C=O) groups is 1. The zero-order chi connectivity index (χ0) is 16.5. The molecule has 1 fully saturated rings. The molecule has 0 aliphatic heterocycles. The maximum absolute atomic E-state index is 11.8. The lowest BCUT2D eigenvalue weighted by Gasteiger charge is -2.23. The van der Waals surface area contributed by atoms with Gasteiger partial charge in [-0.25, -0.2) is 4.79 Å². The van der Waals surface area contributed by atoms with Gasteiger partial charge in [-0.05, 0) is 25.0 Å². The summed E-state index contributed by atoms with van der Waals surface area (Å²) in [6.07, 6.45) is 4.90. The van der Waals surface area contributed by atoms with Gasteiger partial charge < -0.3 is 25.2 Å². The zero-order valence-electron chi connectivity index (χ0n) is 13.6. The van der Waals surface area contributed by atoms with Gasteiger partial charge >= 0.3 is 6.03 Å². The lowest BCUT2D eigenvalue weighted by atomic mass is 9.96. The van der Waals surface area contributed by atoms with Crippen molar-refractivity contribution >= 4 is 6.03 Å². The van der Waals surface area contributed by atoms with E-state index in [0.717, 1.165) is 12.8 Å². The van der Waals surface area contributed by atoms with Crippen molar-refractivity contribution in [2.24, 2.45) is 0 Å². The fourth-order valence-corrected chi connectivity index (χ4v) is 2.64. The van der Waals surface area contributed by atoms with E-state index in [9.17, 15) is 9.90 Å². The monoisotopic (exact) mass is 322 g/mol. The Balaban J connectivity index is 1.63. The van der Waals surface area contributed by atoms with E-state index in [-0.39, 0.29) is 25.2 Å². The minimum atomic E-state index is -0.765. The SMILES string of the molecule is COc1cccc(OCC(O)CNC(=O)NC2CCCCC2)c1. The Bertz CT molecular complexity index is 489. The Kier molecular flexibility index (Phi) is 7.00. The van der Waals surface area contributed by atoms with Crippen molar-refractivity contribution in [3.63, 3.8) is 0 Å². The molecule has 23 heavy (non-hydrogen) atoms. The molecule has 3 N–H and O–H groups in total. The fraction of sp³-hybridized carbons (Fsp3) is 0.588. The van der Waals surface area contributed by atoms with Crippen LogP contribution in [0.2, 0.25) is 0 Å². The maximum Gasteiger partial charge on any atom is 0.315 e. The van der Waals surface area contributed by atoms with Gasteiger partial charge in [-0.2, -0.15) is 0 Å². The van der Waals surface area contributed by atoms with Crippen LogP contribution < -0.4 is 20.1 Å². The molecule has 0 aromatic heterocycles. The van der Waals surface area contributed by atoms with Crippen molar-refractivity contribution in [2.75, 3.05) is 20.3 Å². The number of hydrogen-bond donors (Lipinski definition) is 3. The first kappa shape index (κ1) is 17.4. The fourth-order valence-electron chi connectivity index (χ4n) is 2.64. The standard InChI is InChI=1S/C17H26N2O4/c1-22-15-8-5-9-16(10-15)23-12-14(20)11-18-17(21)19-13-6-3-2-4-7-13/h5,8-10,13-14,20H,2-4,6-7,11-12H2,1H3,(H2,18,19,21). The van der Waals surface area contributed by atoms with Crippen LogP contribution in [0.25, 0.3) is 0 Å². The van der Waals surface area contributed by atoms with Gasteiger partial charge in [0.2, 0.25) is 0 Å². The Morgan fingerprint density at radius 1 is 1.30 bits per heavy atom. The second-order valence-electron chi connectivity index (χ2n) is 5.83. The first-order chi connectivity index (χ1) is 11.2. The number of carbonyl (C=O) groups excluding carboxylic acids is 1. The van der Waals surface area contributed by atoms with Gasteiger partial charge in [-0.1, -0.05) is 25.3 Å². The lowest BCUT2D eigenvalue weighted by Crippen LogP contribution is -2.45. The number of aliphatic hydroxyl groups excluding tert-OH is 1. The Morgan fingerprint density at radius 3 is 2.78 bits per heavy atom. The van der Waals surface area contributed by atoms with Crippen molar-refractivity contribution < 1.29 is 19.4 Å². The van der Waals surface area contributed by atoms with E-state index in [1.165, 1.54) is 19.3 Å². The summed E-state index contributed by atoms with van der Waals surface area (Å²) < 4.78 is 10.6. The molecular formula is C17H26N2O4. The summed E-state index contributed by atoms with van der Waals surface area (Å²) in [7, 11) is 1.59. The predicted molar refractivity (Wildman–Crippen MR) is 87.9 cm³/mol. The van der Waals surface area contributed by atoms with E-state index in [1.807, 2.05) is 12.1 Å². The Hall–Kier alpha value is -1.95. The average Bonchev–Trinajstić information content (AvgIpc) is 2.59. The highest BCUT2D eigenvalue weighted by Crippen LogP contribution is 2.19. The molecule has 128 valence electrons.